The smallest absolute Gasteiger partial charge is 0.266 e. The average Bonchev–Trinajstić information content (AvgIpc) is 3.32. The Hall–Kier alpha value is -1.90. The van der Waals surface area contributed by atoms with Crippen LogP contribution in [-0.4, -0.2) is 56.3 Å². The van der Waals surface area contributed by atoms with Crippen LogP contribution in [0.15, 0.2) is 39.9 Å². The van der Waals surface area contributed by atoms with Crippen molar-refractivity contribution < 1.29 is 19.1 Å². The maximum Gasteiger partial charge on any atom is 0.266 e. The second-order valence-corrected chi connectivity index (χ2v) is 9.51. The predicted octanol–water partition coefficient (Wildman–Crippen LogP) is 3.83. The van der Waals surface area contributed by atoms with E-state index in [1.165, 1.54) is 16.7 Å². The zero-order valence-corrected chi connectivity index (χ0v) is 19.0. The van der Waals surface area contributed by atoms with E-state index in [1.54, 1.807) is 30.6 Å². The van der Waals surface area contributed by atoms with Crippen LogP contribution < -0.4 is 0 Å². The zero-order valence-electron chi connectivity index (χ0n) is 17.3. The lowest BCUT2D eigenvalue weighted by molar-refractivity contribution is -0.145. The Labute approximate surface area is 187 Å². The molecule has 0 bridgehead atoms. The summed E-state index contributed by atoms with van der Waals surface area (Å²) in [5.74, 6) is 0.287. The number of rotatable bonds is 7. The largest absolute Gasteiger partial charge is 0.465 e. The number of hydrogen-bond acceptors (Lipinski definition) is 6. The number of aliphatic hydroxyl groups is 1. The van der Waals surface area contributed by atoms with Crippen molar-refractivity contribution in [2.75, 3.05) is 13.2 Å². The number of aliphatic hydroxyl groups excluding tert-OH is 1. The molecule has 2 amide bonds. The van der Waals surface area contributed by atoms with Crippen LogP contribution in [0.1, 0.15) is 45.3 Å². The molecule has 1 aromatic rings. The van der Waals surface area contributed by atoms with Crippen molar-refractivity contribution in [2.24, 2.45) is 5.92 Å². The molecule has 0 spiro atoms. The van der Waals surface area contributed by atoms with Crippen LogP contribution in [-0.2, 0) is 9.59 Å². The molecule has 0 radical (unpaired) electrons. The van der Waals surface area contributed by atoms with Crippen LogP contribution in [0.5, 0.6) is 0 Å². The molecule has 162 valence electrons. The minimum absolute atomic E-state index is 0.0164. The van der Waals surface area contributed by atoms with Crippen molar-refractivity contribution in [3.05, 3.63) is 41.2 Å². The molecule has 2 fully saturated rings. The lowest BCUT2D eigenvalue weighted by atomic mass is 9.95. The maximum atomic E-state index is 13.5. The molecule has 2 atom stereocenters. The molecule has 8 heteroatoms. The van der Waals surface area contributed by atoms with Crippen molar-refractivity contribution in [1.29, 1.82) is 0 Å². The third-order valence-electron chi connectivity index (χ3n) is 5.41. The third-order valence-corrected chi connectivity index (χ3v) is 6.76. The topological polar surface area (TPSA) is 74.0 Å². The first-order chi connectivity index (χ1) is 14.4. The molecule has 2 saturated heterocycles. The molecule has 6 nitrogen and oxygen atoms in total. The van der Waals surface area contributed by atoms with Crippen molar-refractivity contribution in [2.45, 2.75) is 51.6 Å². The number of thioether (sulfide) groups is 1. The van der Waals surface area contributed by atoms with E-state index in [9.17, 15) is 14.7 Å². The van der Waals surface area contributed by atoms with E-state index >= 15 is 0 Å². The molecule has 1 aromatic heterocycles. The monoisotopic (exact) mass is 448 g/mol. The van der Waals surface area contributed by atoms with Gasteiger partial charge in [0.2, 0.25) is 5.91 Å². The molecule has 0 aromatic carbocycles. The van der Waals surface area contributed by atoms with Gasteiger partial charge in [0.05, 0.1) is 11.2 Å². The van der Waals surface area contributed by atoms with Crippen molar-refractivity contribution in [3.8, 4) is 0 Å². The van der Waals surface area contributed by atoms with Gasteiger partial charge in [0.15, 0.2) is 0 Å². The van der Waals surface area contributed by atoms with E-state index in [-0.39, 0.29) is 30.4 Å². The summed E-state index contributed by atoms with van der Waals surface area (Å²) >= 11 is 6.71. The highest BCUT2D eigenvalue weighted by molar-refractivity contribution is 8.26. The van der Waals surface area contributed by atoms with Crippen molar-refractivity contribution >= 4 is 46.2 Å². The Morgan fingerprint density at radius 1 is 1.43 bits per heavy atom. The van der Waals surface area contributed by atoms with E-state index in [4.69, 9.17) is 16.6 Å². The van der Waals surface area contributed by atoms with Gasteiger partial charge >= 0.3 is 0 Å². The van der Waals surface area contributed by atoms with Crippen LogP contribution >= 0.6 is 24.0 Å². The number of hydrogen-bond donors (Lipinski definition) is 1. The van der Waals surface area contributed by atoms with E-state index < -0.39 is 6.04 Å². The molecule has 2 aliphatic rings. The number of nitrogens with zero attached hydrogens (tertiary/aromatic N) is 2. The number of likely N-dealkylation sites (tertiary alicyclic amines) is 1. The fourth-order valence-electron chi connectivity index (χ4n) is 3.95. The number of allylic oxidation sites excluding steroid dienone is 2. The summed E-state index contributed by atoms with van der Waals surface area (Å²) in [6.45, 7) is 4.58. The second-order valence-electron chi connectivity index (χ2n) is 7.83. The summed E-state index contributed by atoms with van der Waals surface area (Å²) in [7, 11) is 0. The second kappa shape index (κ2) is 10.4. The van der Waals surface area contributed by atoms with Gasteiger partial charge in [0.1, 0.15) is 16.1 Å². The van der Waals surface area contributed by atoms with E-state index in [0.29, 0.717) is 28.0 Å². The van der Waals surface area contributed by atoms with Gasteiger partial charge in [-0.2, -0.15) is 0 Å². The molecule has 3 rings (SSSR count). The predicted molar refractivity (Wildman–Crippen MR) is 123 cm³/mol. The van der Waals surface area contributed by atoms with Gasteiger partial charge in [-0.05, 0) is 55.9 Å². The number of amides is 2. The molecule has 2 aliphatic heterocycles. The minimum atomic E-state index is -0.642. The first-order valence-corrected chi connectivity index (χ1v) is 11.5. The molecule has 0 saturated carbocycles. The maximum absolute atomic E-state index is 13.5. The Bertz CT molecular complexity index is 830. The van der Waals surface area contributed by atoms with E-state index in [1.807, 2.05) is 24.8 Å². The number of furan rings is 1. The van der Waals surface area contributed by atoms with E-state index in [2.05, 4.69) is 0 Å². The number of carbonyl (C=O) groups is 2. The summed E-state index contributed by atoms with van der Waals surface area (Å²) in [6.07, 6.45) is 10.2. The Kier molecular flexibility index (Phi) is 7.91. The zero-order chi connectivity index (χ0) is 21.7. The van der Waals surface area contributed by atoms with Gasteiger partial charge in [0.25, 0.3) is 5.91 Å². The van der Waals surface area contributed by atoms with Crippen LogP contribution in [0.3, 0.4) is 0 Å². The SMILES string of the molecule is CC(C)C(C(=O)N1CCCCC1CCO)N1C(=O)C(=CC=Cc2ccco2)SC1=S. The van der Waals surface area contributed by atoms with Crippen molar-refractivity contribution in [3.63, 3.8) is 0 Å². The first-order valence-electron chi connectivity index (χ1n) is 10.3. The van der Waals surface area contributed by atoms with Crippen LogP contribution in [0.4, 0.5) is 0 Å². The molecule has 3 heterocycles. The molecule has 2 unspecified atom stereocenters. The quantitative estimate of drug-likeness (QED) is 0.505. The summed E-state index contributed by atoms with van der Waals surface area (Å²) < 4.78 is 5.66. The van der Waals surface area contributed by atoms with Gasteiger partial charge in [-0.1, -0.05) is 43.9 Å². The fraction of sp³-hybridized carbons (Fsp3) is 0.500. The van der Waals surface area contributed by atoms with Gasteiger partial charge in [-0.3, -0.25) is 14.5 Å². The third kappa shape index (κ3) is 5.04. The Morgan fingerprint density at radius 3 is 2.90 bits per heavy atom. The number of piperidine rings is 1. The molecule has 1 N–H and O–H groups in total. The highest BCUT2D eigenvalue weighted by Gasteiger charge is 2.44. The van der Waals surface area contributed by atoms with Crippen LogP contribution in [0.25, 0.3) is 6.08 Å². The normalized spacial score (nSPS) is 22.7. The van der Waals surface area contributed by atoms with E-state index in [0.717, 1.165) is 19.3 Å². The lowest BCUT2D eigenvalue weighted by Crippen LogP contribution is -2.56. The van der Waals surface area contributed by atoms with Gasteiger partial charge in [-0.15, -0.1) is 0 Å². The summed E-state index contributed by atoms with van der Waals surface area (Å²) in [5, 5.41) is 9.40. The summed E-state index contributed by atoms with van der Waals surface area (Å²) in [5.41, 5.74) is 0. The molecular weight excluding hydrogens is 420 g/mol. The standard InChI is InChI=1S/C22H28N2O4S2/c1-15(2)19(21(27)23-12-4-3-7-16(23)11-13-25)24-20(26)18(30-22(24)29)10-5-8-17-9-6-14-28-17/h5-6,8-10,14-16,19,25H,3-4,7,11-13H2,1-2H3. The van der Waals surface area contributed by atoms with Crippen LogP contribution in [0, 0.1) is 5.92 Å². The highest BCUT2D eigenvalue weighted by atomic mass is 32.2. The number of thiocarbonyl (C=S) groups is 1. The molecule has 30 heavy (non-hydrogen) atoms. The summed E-state index contributed by atoms with van der Waals surface area (Å²) in [4.78, 5) is 30.5. The Balaban J connectivity index is 1.80. The lowest BCUT2D eigenvalue weighted by Gasteiger charge is -2.40. The molecule has 0 aliphatic carbocycles. The Morgan fingerprint density at radius 2 is 2.23 bits per heavy atom. The summed E-state index contributed by atoms with van der Waals surface area (Å²) in [6, 6.07) is 2.99. The van der Waals surface area contributed by atoms with Crippen molar-refractivity contribution in [1.82, 2.24) is 9.80 Å². The molecular formula is C22H28N2O4S2. The van der Waals surface area contributed by atoms with Gasteiger partial charge in [0, 0.05) is 19.2 Å². The minimum Gasteiger partial charge on any atom is -0.465 e. The van der Waals surface area contributed by atoms with Gasteiger partial charge < -0.3 is 14.4 Å². The van der Waals surface area contributed by atoms with Crippen LogP contribution in [0.2, 0.25) is 0 Å². The number of carbonyl (C=O) groups excluding carboxylic acids is 2. The fourth-order valence-corrected chi connectivity index (χ4v) is 5.23. The average molecular weight is 449 g/mol. The first kappa shape index (κ1) is 22.8. The highest BCUT2D eigenvalue weighted by Crippen LogP contribution is 2.35. The van der Waals surface area contributed by atoms with Gasteiger partial charge in [-0.25, -0.2) is 0 Å².